The fraction of sp³-hybridized carbons (Fsp3) is 0.136. The van der Waals surface area contributed by atoms with E-state index in [0.717, 1.165) is 27.9 Å². The van der Waals surface area contributed by atoms with E-state index in [1.807, 2.05) is 54.6 Å². The van der Waals surface area contributed by atoms with E-state index >= 15 is 0 Å². The lowest BCUT2D eigenvalue weighted by atomic mass is 10.1. The van der Waals surface area contributed by atoms with E-state index in [4.69, 9.17) is 16.6 Å². The van der Waals surface area contributed by atoms with Crippen LogP contribution in [0, 0.1) is 0 Å². The molecule has 4 rings (SSSR count). The number of carbonyl (C=O) groups is 1. The third kappa shape index (κ3) is 3.91. The molecule has 28 heavy (non-hydrogen) atoms. The molecular weight excluding hydrogens is 390 g/mol. The largest absolute Gasteiger partial charge is 0.274 e. The lowest BCUT2D eigenvalue weighted by Gasteiger charge is -2.20. The predicted molar refractivity (Wildman–Crippen MR) is 116 cm³/mol. The molecule has 0 aliphatic heterocycles. The Morgan fingerprint density at radius 3 is 2.46 bits per heavy atom. The Morgan fingerprint density at radius 2 is 1.79 bits per heavy atom. The van der Waals surface area contributed by atoms with Crippen molar-refractivity contribution in [3.8, 4) is 0 Å². The van der Waals surface area contributed by atoms with Gasteiger partial charge in [0.25, 0.3) is 0 Å². The number of fused-ring (bicyclic) bond motifs is 1. The Morgan fingerprint density at radius 1 is 1.04 bits per heavy atom. The third-order valence-corrected chi connectivity index (χ3v) is 5.72. The number of amides is 1. The molecule has 0 atom stereocenters. The zero-order valence-corrected chi connectivity index (χ0v) is 16.9. The lowest BCUT2D eigenvalue weighted by molar-refractivity contribution is -0.117. The summed E-state index contributed by atoms with van der Waals surface area (Å²) in [5.74, 6) is -0.0626. The number of pyridine rings is 1. The second kappa shape index (κ2) is 8.09. The summed E-state index contributed by atoms with van der Waals surface area (Å²) >= 11 is 7.37. The number of benzene rings is 2. The average Bonchev–Trinajstić information content (AvgIpc) is 3.14. The first-order valence-corrected chi connectivity index (χ1v) is 10.2. The van der Waals surface area contributed by atoms with Gasteiger partial charge < -0.3 is 0 Å². The maximum absolute atomic E-state index is 13.3. The standard InChI is InChI=1S/C22H18ClN3OS/c1-2-15-7-10-17(11-8-15)26(21(27)13-16-9-12-20(23)24-14-16)22-25-18-5-3-4-6-19(18)28-22/h3-12,14H,2,13H2,1H3. The number of aryl methyl sites for hydroxylation is 1. The van der Waals surface area contributed by atoms with Crippen LogP contribution in [0.5, 0.6) is 0 Å². The van der Waals surface area contributed by atoms with Crippen molar-refractivity contribution in [2.24, 2.45) is 0 Å². The molecule has 6 heteroatoms. The Balaban J connectivity index is 1.73. The third-order valence-electron chi connectivity index (χ3n) is 4.47. The van der Waals surface area contributed by atoms with Gasteiger partial charge >= 0.3 is 0 Å². The number of nitrogens with zero attached hydrogens (tertiary/aromatic N) is 3. The van der Waals surface area contributed by atoms with E-state index in [1.165, 1.54) is 16.9 Å². The van der Waals surface area contributed by atoms with Crippen LogP contribution in [-0.4, -0.2) is 15.9 Å². The maximum Gasteiger partial charge on any atom is 0.237 e. The monoisotopic (exact) mass is 407 g/mol. The second-order valence-corrected chi connectivity index (χ2v) is 7.78. The van der Waals surface area contributed by atoms with Crippen molar-refractivity contribution < 1.29 is 4.79 Å². The van der Waals surface area contributed by atoms with Gasteiger partial charge in [-0.1, -0.05) is 60.2 Å². The Hall–Kier alpha value is -2.76. The van der Waals surface area contributed by atoms with E-state index in [-0.39, 0.29) is 12.3 Å². The van der Waals surface area contributed by atoms with Gasteiger partial charge in [0.1, 0.15) is 5.15 Å². The van der Waals surface area contributed by atoms with Crippen molar-refractivity contribution in [3.05, 3.63) is 83.1 Å². The van der Waals surface area contributed by atoms with E-state index in [1.54, 1.807) is 17.2 Å². The summed E-state index contributed by atoms with van der Waals surface area (Å²) in [5, 5.41) is 1.08. The van der Waals surface area contributed by atoms with Crippen LogP contribution in [0.4, 0.5) is 10.8 Å². The maximum atomic E-state index is 13.3. The van der Waals surface area contributed by atoms with Crippen molar-refractivity contribution in [1.82, 2.24) is 9.97 Å². The molecule has 2 aromatic heterocycles. The first-order valence-electron chi connectivity index (χ1n) is 9.02. The summed E-state index contributed by atoms with van der Waals surface area (Å²) in [6, 6.07) is 19.5. The van der Waals surface area contributed by atoms with Crippen molar-refractivity contribution in [2.75, 3.05) is 4.90 Å². The highest BCUT2D eigenvalue weighted by Crippen LogP contribution is 2.34. The Kier molecular flexibility index (Phi) is 5.37. The highest BCUT2D eigenvalue weighted by molar-refractivity contribution is 7.22. The van der Waals surface area contributed by atoms with Crippen LogP contribution in [0.2, 0.25) is 5.15 Å². The molecule has 0 aliphatic rings. The van der Waals surface area contributed by atoms with Gasteiger partial charge in [-0.15, -0.1) is 0 Å². The summed E-state index contributed by atoms with van der Waals surface area (Å²) < 4.78 is 1.05. The topological polar surface area (TPSA) is 46.1 Å². The number of rotatable bonds is 5. The molecule has 0 bridgehead atoms. The van der Waals surface area contributed by atoms with Gasteiger partial charge in [-0.05, 0) is 47.9 Å². The summed E-state index contributed by atoms with van der Waals surface area (Å²) in [6.45, 7) is 2.11. The van der Waals surface area contributed by atoms with E-state index in [0.29, 0.717) is 10.3 Å². The van der Waals surface area contributed by atoms with E-state index in [2.05, 4.69) is 11.9 Å². The average molecular weight is 408 g/mol. The van der Waals surface area contributed by atoms with Gasteiger partial charge in [0.2, 0.25) is 5.91 Å². The molecule has 0 spiro atoms. The van der Waals surface area contributed by atoms with Crippen molar-refractivity contribution in [2.45, 2.75) is 19.8 Å². The number of thiazole rings is 1. The highest BCUT2D eigenvalue weighted by Gasteiger charge is 2.22. The molecule has 140 valence electrons. The molecule has 0 N–H and O–H groups in total. The summed E-state index contributed by atoms with van der Waals surface area (Å²) in [6.07, 6.45) is 2.80. The number of halogens is 1. The molecule has 0 radical (unpaired) electrons. The SMILES string of the molecule is CCc1ccc(N(C(=O)Cc2ccc(Cl)nc2)c2nc3ccccc3s2)cc1. The number of anilines is 2. The number of hydrogen-bond donors (Lipinski definition) is 0. The number of carbonyl (C=O) groups excluding carboxylic acids is 1. The van der Waals surface area contributed by atoms with Crippen LogP contribution in [-0.2, 0) is 17.6 Å². The summed E-state index contributed by atoms with van der Waals surface area (Å²) in [7, 11) is 0. The van der Waals surface area contributed by atoms with Crippen LogP contribution >= 0.6 is 22.9 Å². The van der Waals surface area contributed by atoms with Crippen LogP contribution in [0.3, 0.4) is 0 Å². The van der Waals surface area contributed by atoms with Gasteiger partial charge in [-0.3, -0.25) is 9.69 Å². The van der Waals surface area contributed by atoms with Gasteiger partial charge in [-0.25, -0.2) is 9.97 Å². The van der Waals surface area contributed by atoms with Crippen molar-refractivity contribution >= 4 is 49.9 Å². The molecule has 2 heterocycles. The molecule has 0 saturated heterocycles. The number of para-hydroxylation sites is 1. The first-order chi connectivity index (χ1) is 13.6. The first kappa shape index (κ1) is 18.6. The molecule has 4 aromatic rings. The quantitative estimate of drug-likeness (QED) is 0.392. The van der Waals surface area contributed by atoms with Crippen LogP contribution in [0.1, 0.15) is 18.1 Å². The molecular formula is C22H18ClN3OS. The smallest absolute Gasteiger partial charge is 0.237 e. The molecule has 0 saturated carbocycles. The number of hydrogen-bond acceptors (Lipinski definition) is 4. The summed E-state index contributed by atoms with van der Waals surface area (Å²) in [5.41, 5.74) is 3.73. The van der Waals surface area contributed by atoms with Crippen molar-refractivity contribution in [3.63, 3.8) is 0 Å². The fourth-order valence-electron chi connectivity index (χ4n) is 2.96. The minimum absolute atomic E-state index is 0.0626. The molecule has 0 unspecified atom stereocenters. The van der Waals surface area contributed by atoms with E-state index < -0.39 is 0 Å². The predicted octanol–water partition coefficient (Wildman–Crippen LogP) is 5.81. The minimum atomic E-state index is -0.0626. The molecule has 1 amide bonds. The molecule has 2 aromatic carbocycles. The molecule has 0 aliphatic carbocycles. The Bertz CT molecular complexity index is 1070. The van der Waals surface area contributed by atoms with Gasteiger partial charge in [-0.2, -0.15) is 0 Å². The minimum Gasteiger partial charge on any atom is -0.274 e. The van der Waals surface area contributed by atoms with E-state index in [9.17, 15) is 4.79 Å². The second-order valence-electron chi connectivity index (χ2n) is 6.38. The Labute approximate surface area is 172 Å². The molecule has 0 fully saturated rings. The normalized spacial score (nSPS) is 10.9. The lowest BCUT2D eigenvalue weighted by Crippen LogP contribution is -2.27. The van der Waals surface area contributed by atoms with Gasteiger partial charge in [0.15, 0.2) is 5.13 Å². The van der Waals surface area contributed by atoms with Gasteiger partial charge in [0, 0.05) is 6.20 Å². The highest BCUT2D eigenvalue weighted by atomic mass is 35.5. The zero-order valence-electron chi connectivity index (χ0n) is 15.3. The van der Waals surface area contributed by atoms with Crippen molar-refractivity contribution in [1.29, 1.82) is 0 Å². The molecule has 4 nitrogen and oxygen atoms in total. The van der Waals surface area contributed by atoms with Gasteiger partial charge in [0.05, 0.1) is 22.3 Å². The summed E-state index contributed by atoms with van der Waals surface area (Å²) in [4.78, 5) is 23.7. The number of aromatic nitrogens is 2. The van der Waals surface area contributed by atoms with Crippen LogP contribution in [0.25, 0.3) is 10.2 Å². The van der Waals surface area contributed by atoms with Crippen LogP contribution in [0.15, 0.2) is 66.9 Å². The zero-order chi connectivity index (χ0) is 19.5. The van der Waals surface area contributed by atoms with Crippen LogP contribution < -0.4 is 4.90 Å². The fourth-order valence-corrected chi connectivity index (χ4v) is 4.08.